The van der Waals surface area contributed by atoms with Crippen LogP contribution in [-0.2, 0) is 16.8 Å². The van der Waals surface area contributed by atoms with E-state index in [1.807, 2.05) is 13.8 Å². The van der Waals surface area contributed by atoms with Gasteiger partial charge in [-0.15, -0.1) is 0 Å². The first-order valence-electron chi connectivity index (χ1n) is 8.42. The lowest BCUT2D eigenvalue weighted by Gasteiger charge is -2.25. The van der Waals surface area contributed by atoms with Gasteiger partial charge in [0.2, 0.25) is 0 Å². The molecule has 2 N–H and O–H groups in total. The van der Waals surface area contributed by atoms with Gasteiger partial charge in [0.25, 0.3) is 10.2 Å². The molecule has 0 bridgehead atoms. The van der Waals surface area contributed by atoms with Crippen LogP contribution < -0.4 is 10.6 Å². The minimum atomic E-state index is -3.48. The van der Waals surface area contributed by atoms with Crippen molar-refractivity contribution in [3.63, 3.8) is 0 Å². The lowest BCUT2D eigenvalue weighted by molar-refractivity contribution is 0.372. The molecule has 1 aliphatic heterocycles. The molecule has 1 aromatic heterocycles. The fraction of sp³-hybridized carbons (Fsp3) is 0.733. The van der Waals surface area contributed by atoms with Gasteiger partial charge < -0.3 is 10.6 Å². The highest BCUT2D eigenvalue weighted by molar-refractivity contribution is 7.86. The summed E-state index contributed by atoms with van der Waals surface area (Å²) in [5.74, 6) is 1.43. The zero-order chi connectivity index (χ0) is 17.7. The summed E-state index contributed by atoms with van der Waals surface area (Å²) in [6.07, 6.45) is 2.10. The molecule has 0 radical (unpaired) electrons. The highest BCUT2D eigenvalue weighted by atomic mass is 32.2. The van der Waals surface area contributed by atoms with Gasteiger partial charge in [0.15, 0.2) is 0 Å². The minimum absolute atomic E-state index is 0.141. The Morgan fingerprint density at radius 3 is 2.58 bits per heavy atom. The van der Waals surface area contributed by atoms with Crippen LogP contribution in [0.5, 0.6) is 0 Å². The Bertz CT molecular complexity index is 641. The van der Waals surface area contributed by atoms with E-state index in [1.54, 1.807) is 20.2 Å². The molecule has 1 aliphatic rings. The van der Waals surface area contributed by atoms with Gasteiger partial charge in [0.05, 0.1) is 18.3 Å². The zero-order valence-corrected chi connectivity index (χ0v) is 15.7. The lowest BCUT2D eigenvalue weighted by atomic mass is 10.2. The number of hydrogen-bond acceptors (Lipinski definition) is 6. The number of anilines is 1. The summed E-state index contributed by atoms with van der Waals surface area (Å²) in [5.41, 5.74) is 0.691. The van der Waals surface area contributed by atoms with Crippen LogP contribution in [0.1, 0.15) is 44.2 Å². The van der Waals surface area contributed by atoms with Crippen LogP contribution in [0.4, 0.5) is 5.82 Å². The predicted octanol–water partition coefficient (Wildman–Crippen LogP) is 0.961. The van der Waals surface area contributed by atoms with E-state index >= 15 is 0 Å². The molecule has 9 heteroatoms. The molecule has 0 unspecified atom stereocenters. The van der Waals surface area contributed by atoms with Crippen molar-refractivity contribution in [2.75, 3.05) is 39.0 Å². The Hall–Kier alpha value is -1.29. The van der Waals surface area contributed by atoms with Crippen molar-refractivity contribution < 1.29 is 8.42 Å². The van der Waals surface area contributed by atoms with Crippen LogP contribution in [0.2, 0.25) is 0 Å². The molecule has 24 heavy (non-hydrogen) atoms. The monoisotopic (exact) mass is 356 g/mol. The molecule has 1 fully saturated rings. The van der Waals surface area contributed by atoms with Crippen LogP contribution in [0, 0.1) is 0 Å². The fourth-order valence-electron chi connectivity index (χ4n) is 2.84. The highest BCUT2D eigenvalue weighted by Gasteiger charge is 2.26. The maximum absolute atomic E-state index is 12.6. The lowest BCUT2D eigenvalue weighted by Crippen LogP contribution is -2.41. The molecule has 1 saturated heterocycles. The quantitative estimate of drug-likeness (QED) is 0.721. The molecule has 0 spiro atoms. The van der Waals surface area contributed by atoms with Crippen LogP contribution in [0.3, 0.4) is 0 Å². The Morgan fingerprint density at radius 2 is 2.04 bits per heavy atom. The molecule has 0 aliphatic carbocycles. The van der Waals surface area contributed by atoms with Gasteiger partial charge in [0.1, 0.15) is 11.6 Å². The third-order valence-corrected chi connectivity index (χ3v) is 6.32. The zero-order valence-electron chi connectivity index (χ0n) is 14.9. The maximum atomic E-state index is 12.6. The molecule has 0 saturated carbocycles. The normalized spacial score (nSPS) is 18.5. The second-order valence-corrected chi connectivity index (χ2v) is 7.89. The van der Waals surface area contributed by atoms with Gasteiger partial charge in [-0.3, -0.25) is 0 Å². The van der Waals surface area contributed by atoms with Crippen molar-refractivity contribution >= 4 is 16.0 Å². The van der Waals surface area contributed by atoms with Gasteiger partial charge in [-0.2, -0.15) is 17.0 Å². The first-order valence-corrected chi connectivity index (χ1v) is 9.82. The van der Waals surface area contributed by atoms with Crippen LogP contribution >= 0.6 is 0 Å². The summed E-state index contributed by atoms with van der Waals surface area (Å²) in [7, 11) is -0.0951. The van der Waals surface area contributed by atoms with E-state index in [0.29, 0.717) is 24.6 Å². The SMILES string of the molecule is CCN(CC)S(=O)(=O)N(C)Cc1cc(NC)nc([C@H]2CCCN2)n1. The summed E-state index contributed by atoms with van der Waals surface area (Å²) in [6, 6.07) is 1.94. The van der Waals surface area contributed by atoms with Crippen molar-refractivity contribution in [1.29, 1.82) is 0 Å². The number of nitrogens with one attached hydrogen (secondary N) is 2. The van der Waals surface area contributed by atoms with E-state index in [1.165, 1.54) is 8.61 Å². The van der Waals surface area contributed by atoms with E-state index in [4.69, 9.17) is 0 Å². The largest absolute Gasteiger partial charge is 0.373 e. The molecule has 1 atom stereocenters. The second-order valence-electron chi connectivity index (χ2n) is 5.85. The molecule has 1 aromatic rings. The molecule has 136 valence electrons. The van der Waals surface area contributed by atoms with E-state index in [2.05, 4.69) is 20.6 Å². The van der Waals surface area contributed by atoms with Crippen molar-refractivity contribution in [1.82, 2.24) is 23.9 Å². The Morgan fingerprint density at radius 1 is 1.33 bits per heavy atom. The topological polar surface area (TPSA) is 90.5 Å². The van der Waals surface area contributed by atoms with Gasteiger partial charge in [-0.1, -0.05) is 13.8 Å². The third kappa shape index (κ3) is 4.21. The van der Waals surface area contributed by atoms with Crippen LogP contribution in [0.25, 0.3) is 0 Å². The summed E-state index contributed by atoms with van der Waals surface area (Å²) >= 11 is 0. The van der Waals surface area contributed by atoms with Crippen molar-refractivity contribution in [2.24, 2.45) is 0 Å². The molecule has 2 heterocycles. The second kappa shape index (κ2) is 8.19. The van der Waals surface area contributed by atoms with Gasteiger partial charge in [-0.05, 0) is 19.4 Å². The first kappa shape index (κ1) is 19.0. The number of nitrogens with zero attached hydrogens (tertiary/aromatic N) is 4. The van der Waals surface area contributed by atoms with Gasteiger partial charge >= 0.3 is 0 Å². The summed E-state index contributed by atoms with van der Waals surface area (Å²) in [5, 5.41) is 6.41. The van der Waals surface area contributed by atoms with E-state index < -0.39 is 10.2 Å². The third-order valence-electron chi connectivity index (χ3n) is 4.23. The number of rotatable bonds is 8. The van der Waals surface area contributed by atoms with Gasteiger partial charge in [-0.25, -0.2) is 9.97 Å². The molecule has 0 aromatic carbocycles. The summed E-state index contributed by atoms with van der Waals surface area (Å²) in [4.78, 5) is 9.10. The molecular formula is C15H28N6O2S. The van der Waals surface area contributed by atoms with E-state index in [-0.39, 0.29) is 12.6 Å². The molecule has 8 nitrogen and oxygen atoms in total. The Balaban J connectivity index is 2.23. The van der Waals surface area contributed by atoms with Crippen molar-refractivity contribution in [3.8, 4) is 0 Å². The molecule has 2 rings (SSSR count). The predicted molar refractivity (Wildman–Crippen MR) is 94.9 cm³/mol. The molecular weight excluding hydrogens is 328 g/mol. The van der Waals surface area contributed by atoms with E-state index in [9.17, 15) is 8.42 Å². The Labute approximate surface area is 144 Å². The molecule has 0 amide bonds. The summed E-state index contributed by atoms with van der Waals surface area (Å²) < 4.78 is 27.9. The van der Waals surface area contributed by atoms with Crippen molar-refractivity contribution in [2.45, 2.75) is 39.3 Å². The minimum Gasteiger partial charge on any atom is -0.373 e. The summed E-state index contributed by atoms with van der Waals surface area (Å²) in [6.45, 7) is 5.75. The highest BCUT2D eigenvalue weighted by Crippen LogP contribution is 2.22. The van der Waals surface area contributed by atoms with Crippen LogP contribution in [-0.4, -0.2) is 60.7 Å². The standard InChI is InChI=1S/C15H28N6O2S/c1-5-21(6-2)24(22,23)20(4)11-12-10-14(16-3)19-15(18-12)13-8-7-9-17-13/h10,13,17H,5-9,11H2,1-4H3,(H,16,18,19)/t13-/m1/s1. The fourth-order valence-corrected chi connectivity index (χ4v) is 4.19. The number of aromatic nitrogens is 2. The smallest absolute Gasteiger partial charge is 0.282 e. The number of hydrogen-bond donors (Lipinski definition) is 2. The maximum Gasteiger partial charge on any atom is 0.282 e. The average molecular weight is 356 g/mol. The Kier molecular flexibility index (Phi) is 6.50. The first-order chi connectivity index (χ1) is 11.4. The average Bonchev–Trinajstić information content (AvgIpc) is 3.09. The van der Waals surface area contributed by atoms with Crippen molar-refractivity contribution in [3.05, 3.63) is 17.6 Å². The van der Waals surface area contributed by atoms with Gasteiger partial charge in [0, 0.05) is 33.3 Å². The van der Waals surface area contributed by atoms with E-state index in [0.717, 1.165) is 25.2 Å². The van der Waals surface area contributed by atoms with Crippen LogP contribution in [0.15, 0.2) is 6.07 Å².